The third kappa shape index (κ3) is 5.10. The van der Waals surface area contributed by atoms with E-state index in [1.165, 1.54) is 28.4 Å². The van der Waals surface area contributed by atoms with Crippen LogP contribution < -0.4 is 23.7 Å². The van der Waals surface area contributed by atoms with Crippen LogP contribution in [0.5, 0.6) is 28.7 Å². The Hall–Kier alpha value is -4.14. The lowest BCUT2D eigenvalue weighted by atomic mass is 10.0. The third-order valence-corrected chi connectivity index (χ3v) is 5.97. The Bertz CT molecular complexity index is 1190. The Morgan fingerprint density at radius 3 is 1.97 bits per heavy atom. The molecule has 0 N–H and O–H groups in total. The van der Waals surface area contributed by atoms with Gasteiger partial charge in [0.05, 0.1) is 53.8 Å². The summed E-state index contributed by atoms with van der Waals surface area (Å²) in [6, 6.07) is 9.01. The maximum absolute atomic E-state index is 13.5. The first kappa shape index (κ1) is 26.5. The van der Waals surface area contributed by atoms with Crippen molar-refractivity contribution in [2.45, 2.75) is 13.3 Å². The minimum absolute atomic E-state index is 0.212. The van der Waals surface area contributed by atoms with Gasteiger partial charge in [-0.1, -0.05) is 6.07 Å². The van der Waals surface area contributed by atoms with Crippen LogP contribution in [0.25, 0.3) is 6.08 Å². The summed E-state index contributed by atoms with van der Waals surface area (Å²) in [7, 11) is 8.96. The van der Waals surface area contributed by atoms with Gasteiger partial charge in [0.25, 0.3) is 5.91 Å². The van der Waals surface area contributed by atoms with Gasteiger partial charge in [-0.2, -0.15) is 0 Å². The van der Waals surface area contributed by atoms with Crippen LogP contribution in [0, 0.1) is 0 Å². The zero-order chi connectivity index (χ0) is 26.4. The molecule has 192 valence electrons. The van der Waals surface area contributed by atoms with Crippen molar-refractivity contribution in [3.05, 3.63) is 58.3 Å². The minimum Gasteiger partial charge on any atom is -0.493 e. The molecule has 36 heavy (non-hydrogen) atoms. The molecule has 2 aromatic rings. The van der Waals surface area contributed by atoms with Crippen LogP contribution in [0.1, 0.15) is 18.1 Å². The standard InChI is InChI=1S/C27H31NO8/c1-16-24(27(30)36-7)19(12-18-14-22(33-4)25(35-6)23(15-18)34-5)26(29)28(16)11-10-17-8-9-20(31-2)21(13-17)32-3/h8-9,12-15H,10-11H2,1-7H3. The summed E-state index contributed by atoms with van der Waals surface area (Å²) in [5.74, 6) is 1.62. The summed E-state index contributed by atoms with van der Waals surface area (Å²) in [5.41, 5.74) is 2.51. The predicted octanol–water partition coefficient (Wildman–Crippen LogP) is 3.64. The molecule has 1 aliphatic heterocycles. The highest BCUT2D eigenvalue weighted by Crippen LogP contribution is 2.40. The number of ether oxygens (including phenoxy) is 6. The number of amides is 1. The molecule has 9 nitrogen and oxygen atoms in total. The van der Waals surface area contributed by atoms with Crippen molar-refractivity contribution in [3.63, 3.8) is 0 Å². The minimum atomic E-state index is -0.590. The van der Waals surface area contributed by atoms with Crippen molar-refractivity contribution in [1.29, 1.82) is 0 Å². The first-order valence-corrected chi connectivity index (χ1v) is 11.2. The summed E-state index contributed by atoms with van der Waals surface area (Å²) in [4.78, 5) is 27.8. The fourth-order valence-electron chi connectivity index (χ4n) is 4.13. The van der Waals surface area contributed by atoms with Gasteiger partial charge in [-0.3, -0.25) is 4.79 Å². The second-order valence-electron chi connectivity index (χ2n) is 7.86. The van der Waals surface area contributed by atoms with Gasteiger partial charge in [0, 0.05) is 12.2 Å². The average molecular weight is 498 g/mol. The van der Waals surface area contributed by atoms with E-state index >= 15 is 0 Å². The van der Waals surface area contributed by atoms with Gasteiger partial charge in [-0.05, 0) is 54.8 Å². The maximum Gasteiger partial charge on any atom is 0.340 e. The zero-order valence-corrected chi connectivity index (χ0v) is 21.6. The number of benzene rings is 2. The van der Waals surface area contributed by atoms with Gasteiger partial charge in [0.15, 0.2) is 23.0 Å². The van der Waals surface area contributed by atoms with Gasteiger partial charge in [0.1, 0.15) is 0 Å². The highest BCUT2D eigenvalue weighted by Gasteiger charge is 2.37. The first-order valence-electron chi connectivity index (χ1n) is 11.2. The maximum atomic E-state index is 13.5. The highest BCUT2D eigenvalue weighted by molar-refractivity contribution is 6.16. The van der Waals surface area contributed by atoms with Crippen molar-refractivity contribution < 1.29 is 38.0 Å². The number of methoxy groups -OCH3 is 6. The summed E-state index contributed by atoms with van der Waals surface area (Å²) in [5, 5.41) is 0. The molecule has 0 fully saturated rings. The Labute approximate surface area is 210 Å². The molecule has 0 unspecified atom stereocenters. The van der Waals surface area contributed by atoms with E-state index in [9.17, 15) is 9.59 Å². The van der Waals surface area contributed by atoms with Crippen LogP contribution in [-0.4, -0.2) is 66.0 Å². The largest absolute Gasteiger partial charge is 0.493 e. The molecular weight excluding hydrogens is 466 g/mol. The molecule has 0 atom stereocenters. The lowest BCUT2D eigenvalue weighted by Crippen LogP contribution is -2.27. The number of nitrogens with zero attached hydrogens (tertiary/aromatic N) is 1. The number of hydrogen-bond acceptors (Lipinski definition) is 8. The summed E-state index contributed by atoms with van der Waals surface area (Å²) < 4.78 is 31.9. The van der Waals surface area contributed by atoms with Crippen LogP contribution in [0.2, 0.25) is 0 Å². The molecule has 0 saturated carbocycles. The van der Waals surface area contributed by atoms with Crippen molar-refractivity contribution in [3.8, 4) is 28.7 Å². The van der Waals surface area contributed by atoms with E-state index in [1.807, 2.05) is 18.2 Å². The number of rotatable bonds is 10. The zero-order valence-electron chi connectivity index (χ0n) is 21.6. The van der Waals surface area contributed by atoms with Crippen molar-refractivity contribution in [2.75, 3.05) is 49.2 Å². The summed E-state index contributed by atoms with van der Waals surface area (Å²) >= 11 is 0. The molecule has 9 heteroatoms. The second kappa shape index (κ2) is 11.5. The second-order valence-corrected chi connectivity index (χ2v) is 7.86. The molecule has 0 bridgehead atoms. The molecule has 0 aromatic heterocycles. The van der Waals surface area contributed by atoms with Gasteiger partial charge in [0.2, 0.25) is 5.75 Å². The number of allylic oxidation sites excluding steroid dienone is 1. The fourth-order valence-corrected chi connectivity index (χ4v) is 4.13. The van der Waals surface area contributed by atoms with Gasteiger partial charge < -0.3 is 33.3 Å². The molecule has 1 amide bonds. The van der Waals surface area contributed by atoms with Crippen molar-refractivity contribution >= 4 is 18.0 Å². The van der Waals surface area contributed by atoms with E-state index in [-0.39, 0.29) is 17.1 Å². The van der Waals surface area contributed by atoms with E-state index in [0.717, 1.165) is 5.56 Å². The summed E-state index contributed by atoms with van der Waals surface area (Å²) in [6.45, 7) is 2.09. The topological polar surface area (TPSA) is 92.8 Å². The smallest absolute Gasteiger partial charge is 0.340 e. The molecule has 0 aliphatic carbocycles. The highest BCUT2D eigenvalue weighted by atomic mass is 16.5. The molecule has 0 radical (unpaired) electrons. The van der Waals surface area contributed by atoms with Crippen molar-refractivity contribution in [1.82, 2.24) is 4.90 Å². The normalized spacial score (nSPS) is 14.2. The Morgan fingerprint density at radius 1 is 0.833 bits per heavy atom. The van der Waals surface area contributed by atoms with Gasteiger partial charge in [-0.25, -0.2) is 4.79 Å². The molecule has 2 aromatic carbocycles. The van der Waals surface area contributed by atoms with Crippen LogP contribution in [0.15, 0.2) is 47.2 Å². The third-order valence-electron chi connectivity index (χ3n) is 5.97. The van der Waals surface area contributed by atoms with E-state index in [1.54, 1.807) is 44.3 Å². The molecule has 1 heterocycles. The van der Waals surface area contributed by atoms with E-state index < -0.39 is 5.97 Å². The SMILES string of the molecule is COC(=O)C1=C(C)N(CCc2ccc(OC)c(OC)c2)C(=O)C1=Cc1cc(OC)c(OC)c(OC)c1. The van der Waals surface area contributed by atoms with Crippen LogP contribution >= 0.6 is 0 Å². The fraction of sp³-hybridized carbons (Fsp3) is 0.333. The Balaban J connectivity index is 1.98. The molecule has 0 saturated heterocycles. The van der Waals surface area contributed by atoms with Crippen LogP contribution in [-0.2, 0) is 20.7 Å². The predicted molar refractivity (Wildman–Crippen MR) is 134 cm³/mol. The lowest BCUT2D eigenvalue weighted by Gasteiger charge is -2.18. The number of esters is 1. The first-order chi connectivity index (χ1) is 17.3. The van der Waals surface area contributed by atoms with Gasteiger partial charge >= 0.3 is 5.97 Å². The quantitative estimate of drug-likeness (QED) is 0.363. The number of carbonyl (C=O) groups excluding carboxylic acids is 2. The molecule has 0 spiro atoms. The average Bonchev–Trinajstić information content (AvgIpc) is 3.14. The Morgan fingerprint density at radius 2 is 1.44 bits per heavy atom. The van der Waals surface area contributed by atoms with Crippen LogP contribution in [0.4, 0.5) is 0 Å². The molecule has 1 aliphatic rings. The molecular formula is C27H31NO8. The monoisotopic (exact) mass is 497 g/mol. The van der Waals surface area contributed by atoms with E-state index in [0.29, 0.717) is 53.0 Å². The lowest BCUT2D eigenvalue weighted by molar-refractivity contribution is -0.136. The number of carbonyl (C=O) groups is 2. The Kier molecular flexibility index (Phi) is 8.47. The van der Waals surface area contributed by atoms with E-state index in [2.05, 4.69) is 0 Å². The molecule has 3 rings (SSSR count). The van der Waals surface area contributed by atoms with Crippen LogP contribution in [0.3, 0.4) is 0 Å². The van der Waals surface area contributed by atoms with Gasteiger partial charge in [-0.15, -0.1) is 0 Å². The number of hydrogen-bond donors (Lipinski definition) is 0. The van der Waals surface area contributed by atoms with Crippen molar-refractivity contribution in [2.24, 2.45) is 0 Å². The summed E-state index contributed by atoms with van der Waals surface area (Å²) in [6.07, 6.45) is 2.16. The van der Waals surface area contributed by atoms with E-state index in [4.69, 9.17) is 28.4 Å².